The molecule has 1 amide bonds. The Morgan fingerprint density at radius 2 is 1.63 bits per heavy atom. The summed E-state index contributed by atoms with van der Waals surface area (Å²) in [4.78, 5) is 12.3. The minimum Gasteiger partial charge on any atom is -0.507 e. The van der Waals surface area contributed by atoms with Gasteiger partial charge in [0.05, 0.1) is 0 Å². The third-order valence-electron chi connectivity index (χ3n) is 5.12. The quantitative estimate of drug-likeness (QED) is 0.598. The van der Waals surface area contributed by atoms with Gasteiger partial charge in [-0.1, -0.05) is 37.8 Å². The highest BCUT2D eigenvalue weighted by Crippen LogP contribution is 2.32. The van der Waals surface area contributed by atoms with Crippen LogP contribution in [0.3, 0.4) is 0 Å². The maximum absolute atomic E-state index is 12.5. The number of sulfone groups is 1. The molecule has 0 spiro atoms. The third-order valence-corrected chi connectivity index (χ3v) is 6.24. The molecule has 0 heterocycles. The number of aromatic hydroxyl groups is 1. The fourth-order valence-electron chi connectivity index (χ4n) is 3.61. The Labute approximate surface area is 160 Å². The SMILES string of the molecule is CS(=O)(=O)c1cc(NC(=O)c2ccc(C3CCCCCC3)cc2)ccc1O. The highest BCUT2D eigenvalue weighted by molar-refractivity contribution is 7.90. The zero-order chi connectivity index (χ0) is 19.4. The van der Waals surface area contributed by atoms with Gasteiger partial charge < -0.3 is 10.4 Å². The Bertz CT molecular complexity index is 912. The summed E-state index contributed by atoms with van der Waals surface area (Å²) in [5, 5.41) is 12.4. The highest BCUT2D eigenvalue weighted by atomic mass is 32.2. The molecule has 1 saturated carbocycles. The van der Waals surface area contributed by atoms with Crippen molar-refractivity contribution in [2.24, 2.45) is 0 Å². The van der Waals surface area contributed by atoms with Gasteiger partial charge in [-0.3, -0.25) is 4.79 Å². The molecule has 1 fully saturated rings. The fourth-order valence-corrected chi connectivity index (χ4v) is 4.40. The van der Waals surface area contributed by atoms with Crippen molar-refractivity contribution in [1.82, 2.24) is 0 Å². The predicted molar refractivity (Wildman–Crippen MR) is 106 cm³/mol. The molecule has 3 rings (SSSR count). The van der Waals surface area contributed by atoms with Gasteiger partial charge in [-0.15, -0.1) is 0 Å². The van der Waals surface area contributed by atoms with Crippen LogP contribution >= 0.6 is 0 Å². The normalized spacial score (nSPS) is 15.9. The Morgan fingerprint density at radius 3 is 2.22 bits per heavy atom. The molecule has 1 aliphatic carbocycles. The second-order valence-corrected chi connectivity index (χ2v) is 9.20. The van der Waals surface area contributed by atoms with E-state index in [9.17, 15) is 18.3 Å². The molecule has 0 unspecified atom stereocenters. The van der Waals surface area contributed by atoms with Gasteiger partial charge in [0.1, 0.15) is 10.6 Å². The van der Waals surface area contributed by atoms with Gasteiger partial charge >= 0.3 is 0 Å². The lowest BCUT2D eigenvalue weighted by molar-refractivity contribution is 0.102. The van der Waals surface area contributed by atoms with E-state index >= 15 is 0 Å². The first-order valence-electron chi connectivity index (χ1n) is 9.29. The van der Waals surface area contributed by atoms with Gasteiger partial charge in [0, 0.05) is 17.5 Å². The monoisotopic (exact) mass is 387 g/mol. The van der Waals surface area contributed by atoms with E-state index in [-0.39, 0.29) is 16.6 Å². The van der Waals surface area contributed by atoms with Gasteiger partial charge in [-0.05, 0) is 54.7 Å². The predicted octanol–water partition coefficient (Wildman–Crippen LogP) is 4.49. The van der Waals surface area contributed by atoms with Crippen LogP contribution in [0.5, 0.6) is 5.75 Å². The number of carbonyl (C=O) groups excluding carboxylic acids is 1. The molecule has 6 heteroatoms. The Hall–Kier alpha value is -2.34. The van der Waals surface area contributed by atoms with E-state index in [1.54, 1.807) is 0 Å². The zero-order valence-electron chi connectivity index (χ0n) is 15.4. The van der Waals surface area contributed by atoms with Crippen LogP contribution in [0.1, 0.15) is 60.4 Å². The smallest absolute Gasteiger partial charge is 0.255 e. The number of carbonyl (C=O) groups is 1. The standard InChI is InChI=1S/C21H25NO4S/c1-27(25,26)20-14-18(12-13-19(20)23)22-21(24)17-10-8-16(9-11-17)15-6-4-2-3-5-7-15/h8-15,23H,2-7H2,1H3,(H,22,24). The Balaban J connectivity index is 1.73. The topological polar surface area (TPSA) is 83.5 Å². The van der Waals surface area contributed by atoms with E-state index in [1.807, 2.05) is 24.3 Å². The van der Waals surface area contributed by atoms with Crippen molar-refractivity contribution in [3.05, 3.63) is 53.6 Å². The Kier molecular flexibility index (Phi) is 5.85. The van der Waals surface area contributed by atoms with E-state index in [4.69, 9.17) is 0 Å². The van der Waals surface area contributed by atoms with Gasteiger partial charge in [0.2, 0.25) is 0 Å². The van der Waals surface area contributed by atoms with Crippen LogP contribution in [0.25, 0.3) is 0 Å². The van der Waals surface area contributed by atoms with E-state index in [0.29, 0.717) is 17.2 Å². The number of amides is 1. The van der Waals surface area contributed by atoms with Crippen molar-refractivity contribution >= 4 is 21.4 Å². The summed E-state index contributed by atoms with van der Waals surface area (Å²) in [6.45, 7) is 0. The minimum atomic E-state index is -3.58. The van der Waals surface area contributed by atoms with Crippen molar-refractivity contribution < 1.29 is 18.3 Å². The van der Waals surface area contributed by atoms with Crippen LogP contribution in [0.15, 0.2) is 47.4 Å². The lowest BCUT2D eigenvalue weighted by Crippen LogP contribution is -2.12. The summed E-state index contributed by atoms with van der Waals surface area (Å²) >= 11 is 0. The maximum atomic E-state index is 12.5. The molecule has 0 aromatic heterocycles. The van der Waals surface area contributed by atoms with Gasteiger partial charge in [0.15, 0.2) is 9.84 Å². The van der Waals surface area contributed by atoms with Gasteiger partial charge in [-0.2, -0.15) is 0 Å². The molecule has 0 atom stereocenters. The summed E-state index contributed by atoms with van der Waals surface area (Å²) in [6, 6.07) is 11.7. The highest BCUT2D eigenvalue weighted by Gasteiger charge is 2.17. The molecule has 0 bridgehead atoms. The van der Waals surface area contributed by atoms with Crippen molar-refractivity contribution in [2.75, 3.05) is 11.6 Å². The molecule has 0 aliphatic heterocycles. The van der Waals surface area contributed by atoms with E-state index in [1.165, 1.54) is 62.3 Å². The van der Waals surface area contributed by atoms with Gasteiger partial charge in [-0.25, -0.2) is 8.42 Å². The molecule has 144 valence electrons. The van der Waals surface area contributed by atoms with E-state index in [2.05, 4.69) is 5.32 Å². The van der Waals surface area contributed by atoms with E-state index in [0.717, 1.165) is 6.26 Å². The summed E-state index contributed by atoms with van der Waals surface area (Å²) in [5.74, 6) is -0.0742. The fraction of sp³-hybridized carbons (Fsp3) is 0.381. The second-order valence-electron chi connectivity index (χ2n) is 7.22. The van der Waals surface area contributed by atoms with Crippen molar-refractivity contribution in [2.45, 2.75) is 49.3 Å². The summed E-state index contributed by atoms with van der Waals surface area (Å²) < 4.78 is 23.4. The van der Waals surface area contributed by atoms with Crippen LogP contribution in [0, 0.1) is 0 Å². The molecular weight excluding hydrogens is 362 g/mol. The first-order chi connectivity index (χ1) is 12.8. The largest absolute Gasteiger partial charge is 0.507 e. The van der Waals surface area contributed by atoms with Crippen molar-refractivity contribution in [3.8, 4) is 5.75 Å². The van der Waals surface area contributed by atoms with Crippen LogP contribution in [-0.4, -0.2) is 25.7 Å². The van der Waals surface area contributed by atoms with Crippen LogP contribution in [0.4, 0.5) is 5.69 Å². The number of hydrogen-bond acceptors (Lipinski definition) is 4. The number of rotatable bonds is 4. The molecular formula is C21H25NO4S. The summed E-state index contributed by atoms with van der Waals surface area (Å²) in [7, 11) is -3.58. The molecule has 1 aliphatic rings. The molecule has 0 radical (unpaired) electrons. The first kappa shape index (κ1) is 19.4. The average Bonchev–Trinajstić information content (AvgIpc) is 2.92. The van der Waals surface area contributed by atoms with Crippen LogP contribution in [-0.2, 0) is 9.84 Å². The minimum absolute atomic E-state index is 0.205. The van der Waals surface area contributed by atoms with Gasteiger partial charge in [0.25, 0.3) is 5.91 Å². The maximum Gasteiger partial charge on any atom is 0.255 e. The summed E-state index contributed by atoms with van der Waals surface area (Å²) in [5.41, 5.74) is 2.12. The number of nitrogens with one attached hydrogen (secondary N) is 1. The third kappa shape index (κ3) is 4.89. The number of benzene rings is 2. The molecule has 2 aromatic rings. The molecule has 27 heavy (non-hydrogen) atoms. The molecule has 2 N–H and O–H groups in total. The number of anilines is 1. The van der Waals surface area contributed by atoms with Crippen molar-refractivity contribution in [3.63, 3.8) is 0 Å². The first-order valence-corrected chi connectivity index (χ1v) is 11.2. The van der Waals surface area contributed by atoms with Crippen molar-refractivity contribution in [1.29, 1.82) is 0 Å². The average molecular weight is 388 g/mol. The number of phenols is 1. The Morgan fingerprint density at radius 1 is 1.00 bits per heavy atom. The zero-order valence-corrected chi connectivity index (χ0v) is 16.3. The number of hydrogen-bond donors (Lipinski definition) is 2. The lowest BCUT2D eigenvalue weighted by atomic mass is 9.91. The molecule has 0 saturated heterocycles. The van der Waals surface area contributed by atoms with Crippen LogP contribution in [0.2, 0.25) is 0 Å². The molecule has 5 nitrogen and oxygen atoms in total. The van der Waals surface area contributed by atoms with Crippen LogP contribution < -0.4 is 5.32 Å². The molecule has 2 aromatic carbocycles. The lowest BCUT2D eigenvalue weighted by Gasteiger charge is -2.15. The number of phenolic OH excluding ortho intramolecular Hbond substituents is 1. The second kappa shape index (κ2) is 8.13. The van der Waals surface area contributed by atoms with E-state index < -0.39 is 9.84 Å². The summed E-state index contributed by atoms with van der Waals surface area (Å²) in [6.07, 6.45) is 8.55.